The lowest BCUT2D eigenvalue weighted by Crippen LogP contribution is -2.60. The average Bonchev–Trinajstić information content (AvgIpc) is 3.43. The highest BCUT2D eigenvalue weighted by molar-refractivity contribution is 5.76. The molecule has 7 atom stereocenters. The summed E-state index contributed by atoms with van der Waals surface area (Å²) in [6.45, 7) is 3.79. The van der Waals surface area contributed by atoms with Gasteiger partial charge in [0, 0.05) is 6.42 Å². The molecule has 1 heterocycles. The minimum Gasteiger partial charge on any atom is -0.394 e. The second-order valence-electron chi connectivity index (χ2n) is 23.2. The van der Waals surface area contributed by atoms with Gasteiger partial charge in [0.05, 0.1) is 25.4 Å². The van der Waals surface area contributed by atoms with Crippen LogP contribution >= 0.6 is 0 Å². The van der Waals surface area contributed by atoms with Gasteiger partial charge in [-0.15, -0.1) is 0 Å². The van der Waals surface area contributed by atoms with Gasteiger partial charge in [-0.2, -0.15) is 0 Å². The Kier molecular flexibility index (Phi) is 54.5. The summed E-state index contributed by atoms with van der Waals surface area (Å²) in [5.74, 6) is -0.190. The number of aliphatic hydroxyl groups is 5. The zero-order chi connectivity index (χ0) is 55.8. The number of carbonyl (C=O) groups is 1. The van der Waals surface area contributed by atoms with E-state index >= 15 is 0 Å². The van der Waals surface area contributed by atoms with Gasteiger partial charge in [-0.25, -0.2) is 0 Å². The maximum atomic E-state index is 13.1. The van der Waals surface area contributed by atoms with Gasteiger partial charge in [-0.05, 0) is 70.6 Å². The lowest BCUT2D eigenvalue weighted by atomic mass is 9.99. The van der Waals surface area contributed by atoms with Crippen LogP contribution in [0.2, 0.25) is 0 Å². The summed E-state index contributed by atoms with van der Waals surface area (Å²) in [6, 6.07) is -0.831. The zero-order valence-corrected chi connectivity index (χ0v) is 50.5. The minimum absolute atomic E-state index is 0.190. The summed E-state index contributed by atoms with van der Waals surface area (Å²) in [5.41, 5.74) is 0. The fourth-order valence-corrected chi connectivity index (χ4v) is 10.6. The van der Waals surface area contributed by atoms with Gasteiger partial charge >= 0.3 is 0 Å². The Bertz CT molecular complexity index is 1350. The number of allylic oxidation sites excluding steroid dienone is 7. The molecule has 6 N–H and O–H groups in total. The third-order valence-corrected chi connectivity index (χ3v) is 15.9. The van der Waals surface area contributed by atoms with E-state index in [1.807, 2.05) is 6.08 Å². The molecule has 1 aliphatic rings. The van der Waals surface area contributed by atoms with Crippen molar-refractivity contribution in [2.24, 2.45) is 0 Å². The second kappa shape index (κ2) is 57.4. The molecule has 0 saturated carbocycles. The van der Waals surface area contributed by atoms with Crippen LogP contribution in [0.3, 0.4) is 0 Å². The molecule has 1 amide bonds. The number of amides is 1. The Labute approximate surface area is 475 Å². The van der Waals surface area contributed by atoms with E-state index in [0.29, 0.717) is 6.42 Å². The molecular weight excluding hydrogens is 959 g/mol. The van der Waals surface area contributed by atoms with Crippen LogP contribution in [0.1, 0.15) is 322 Å². The van der Waals surface area contributed by atoms with E-state index in [1.165, 1.54) is 257 Å². The second-order valence-corrected chi connectivity index (χ2v) is 23.2. The number of rotatable bonds is 58. The first-order valence-electron chi connectivity index (χ1n) is 33.4. The lowest BCUT2D eigenvalue weighted by Gasteiger charge is -2.40. The Morgan fingerprint density at radius 3 is 1.09 bits per heavy atom. The number of unbranched alkanes of at least 4 members (excludes halogenated alkanes) is 42. The van der Waals surface area contributed by atoms with Gasteiger partial charge in [-0.1, -0.05) is 294 Å². The van der Waals surface area contributed by atoms with Crippen molar-refractivity contribution in [3.8, 4) is 0 Å². The molecule has 1 aliphatic heterocycles. The summed E-state index contributed by atoms with van der Waals surface area (Å²) in [5, 5.41) is 54.6. The Hall–Kier alpha value is -1.85. The highest BCUT2D eigenvalue weighted by atomic mass is 16.7. The van der Waals surface area contributed by atoms with Crippen LogP contribution in [-0.2, 0) is 14.3 Å². The van der Waals surface area contributed by atoms with Crippen molar-refractivity contribution in [2.75, 3.05) is 13.2 Å². The Morgan fingerprint density at radius 1 is 0.429 bits per heavy atom. The molecular formula is C68H127NO8. The quantitative estimate of drug-likeness (QED) is 0.0261. The van der Waals surface area contributed by atoms with E-state index < -0.39 is 49.5 Å². The molecule has 0 aromatic rings. The summed E-state index contributed by atoms with van der Waals surface area (Å²) in [7, 11) is 0. The van der Waals surface area contributed by atoms with Crippen LogP contribution in [0.15, 0.2) is 48.6 Å². The molecule has 77 heavy (non-hydrogen) atoms. The third kappa shape index (κ3) is 46.5. The number of nitrogens with one attached hydrogen (secondary N) is 1. The molecule has 0 radical (unpaired) electrons. The molecule has 0 bridgehead atoms. The maximum absolute atomic E-state index is 13.1. The highest BCUT2D eigenvalue weighted by Crippen LogP contribution is 2.23. The van der Waals surface area contributed by atoms with Crippen LogP contribution in [0, 0.1) is 0 Å². The van der Waals surface area contributed by atoms with E-state index in [-0.39, 0.29) is 12.5 Å². The van der Waals surface area contributed by atoms with Crippen LogP contribution in [0.5, 0.6) is 0 Å². The number of hydrogen-bond acceptors (Lipinski definition) is 8. The number of carbonyl (C=O) groups excluding carboxylic acids is 1. The van der Waals surface area contributed by atoms with Crippen LogP contribution < -0.4 is 5.32 Å². The molecule has 1 rings (SSSR count). The molecule has 0 aromatic carbocycles. The van der Waals surface area contributed by atoms with Crippen molar-refractivity contribution in [2.45, 2.75) is 365 Å². The standard InChI is InChI=1S/C68H127NO8/c1-3-5-7-9-11-13-15-17-19-21-23-25-26-27-28-29-30-31-32-33-34-35-36-38-39-41-43-45-47-49-51-53-55-57-62(71)61(60-76-68-67(75)66(74)65(73)63(59-70)77-68)69-64(72)58-56-54-52-50-48-46-44-42-40-37-24-22-20-18-16-14-12-10-8-6-4-2/h22,24,39,41,47,49,55,57,61-63,65-68,70-71,73-75H,3-21,23,25-38,40,42-46,48,50-54,56,58-60H2,1-2H3,(H,69,72)/b24-22-,41-39+,49-47+,57-55+. The maximum Gasteiger partial charge on any atom is 0.220 e. The zero-order valence-electron chi connectivity index (χ0n) is 50.5. The first kappa shape index (κ1) is 73.2. The van der Waals surface area contributed by atoms with Crippen molar-refractivity contribution in [3.63, 3.8) is 0 Å². The lowest BCUT2D eigenvalue weighted by molar-refractivity contribution is -0.302. The normalized spacial score (nSPS) is 19.0. The summed E-state index contributed by atoms with van der Waals surface area (Å²) in [6.07, 6.45) is 70.7. The van der Waals surface area contributed by atoms with E-state index in [4.69, 9.17) is 9.47 Å². The highest BCUT2D eigenvalue weighted by Gasteiger charge is 2.44. The van der Waals surface area contributed by atoms with Gasteiger partial charge in [0.15, 0.2) is 6.29 Å². The Balaban J connectivity index is 2.18. The smallest absolute Gasteiger partial charge is 0.220 e. The number of ether oxygens (including phenoxy) is 2. The van der Waals surface area contributed by atoms with Crippen molar-refractivity contribution >= 4 is 5.91 Å². The monoisotopic (exact) mass is 1090 g/mol. The number of aliphatic hydroxyl groups excluding tert-OH is 5. The van der Waals surface area contributed by atoms with Crippen molar-refractivity contribution in [1.29, 1.82) is 0 Å². The SMILES string of the molecule is CCCCCCCCCC/C=C\CCCCCCCCCCCC(=O)NC(COC1OC(CO)C(O)C(O)C1O)C(O)/C=C/CC/C=C/CC/C=C/CCCCCCCCCCCCCCCCCCCCCCCCC. The minimum atomic E-state index is -1.58. The summed E-state index contributed by atoms with van der Waals surface area (Å²) >= 11 is 0. The molecule has 1 saturated heterocycles. The molecule has 452 valence electrons. The topological polar surface area (TPSA) is 149 Å². The number of hydrogen-bond donors (Lipinski definition) is 6. The van der Waals surface area contributed by atoms with Crippen LogP contribution in [0.4, 0.5) is 0 Å². The van der Waals surface area contributed by atoms with Gasteiger partial charge in [-0.3, -0.25) is 4.79 Å². The molecule has 9 nitrogen and oxygen atoms in total. The molecule has 0 aliphatic carbocycles. The van der Waals surface area contributed by atoms with Gasteiger partial charge in [0.1, 0.15) is 24.4 Å². The van der Waals surface area contributed by atoms with Crippen molar-refractivity contribution in [3.05, 3.63) is 48.6 Å². The molecule has 9 heteroatoms. The Morgan fingerprint density at radius 2 is 0.740 bits per heavy atom. The van der Waals surface area contributed by atoms with E-state index in [2.05, 4.69) is 55.6 Å². The predicted molar refractivity (Wildman–Crippen MR) is 327 cm³/mol. The van der Waals surface area contributed by atoms with Crippen LogP contribution in [-0.4, -0.2) is 87.5 Å². The van der Waals surface area contributed by atoms with E-state index in [0.717, 1.165) is 44.9 Å². The largest absolute Gasteiger partial charge is 0.394 e. The first-order chi connectivity index (χ1) is 37.8. The van der Waals surface area contributed by atoms with Gasteiger partial charge in [0.2, 0.25) is 5.91 Å². The fourth-order valence-electron chi connectivity index (χ4n) is 10.6. The summed E-state index contributed by atoms with van der Waals surface area (Å²) < 4.78 is 11.3. The molecule has 1 fully saturated rings. The molecule has 0 aromatic heterocycles. The van der Waals surface area contributed by atoms with Gasteiger partial charge in [0.25, 0.3) is 0 Å². The average molecular weight is 1090 g/mol. The van der Waals surface area contributed by atoms with Crippen molar-refractivity contribution in [1.82, 2.24) is 5.32 Å². The predicted octanol–water partition coefficient (Wildman–Crippen LogP) is 17.6. The van der Waals surface area contributed by atoms with E-state index in [9.17, 15) is 30.3 Å². The molecule has 0 spiro atoms. The summed E-state index contributed by atoms with van der Waals surface area (Å²) in [4.78, 5) is 13.1. The molecule has 7 unspecified atom stereocenters. The first-order valence-corrected chi connectivity index (χ1v) is 33.4. The third-order valence-electron chi connectivity index (χ3n) is 15.9. The van der Waals surface area contributed by atoms with Crippen molar-refractivity contribution < 1.29 is 39.8 Å². The van der Waals surface area contributed by atoms with E-state index in [1.54, 1.807) is 6.08 Å². The fraction of sp³-hybridized carbons (Fsp3) is 0.868. The van der Waals surface area contributed by atoms with Crippen LogP contribution in [0.25, 0.3) is 0 Å². The van der Waals surface area contributed by atoms with Gasteiger partial charge < -0.3 is 40.3 Å².